The number of ether oxygens (including phenoxy) is 1. The molecule has 3 atom stereocenters. The third-order valence-corrected chi connectivity index (χ3v) is 3.11. The second-order valence-corrected chi connectivity index (χ2v) is 4.46. The Balaban J connectivity index is 2.99. The van der Waals surface area contributed by atoms with Gasteiger partial charge in [0.25, 0.3) is 0 Å². The molecule has 4 nitrogen and oxygen atoms in total. The average Bonchev–Trinajstić information content (AvgIpc) is 2.26. The molecule has 0 aliphatic carbocycles. The van der Waals surface area contributed by atoms with Crippen LogP contribution in [0.2, 0.25) is 0 Å². The van der Waals surface area contributed by atoms with E-state index in [1.54, 1.807) is 24.3 Å². The van der Waals surface area contributed by atoms with Crippen molar-refractivity contribution in [3.8, 4) is 5.75 Å². The van der Waals surface area contributed by atoms with Gasteiger partial charge in [-0.1, -0.05) is 18.2 Å². The first-order valence-electron chi connectivity index (χ1n) is 4.48. The van der Waals surface area contributed by atoms with Crippen molar-refractivity contribution in [2.24, 2.45) is 0 Å². The predicted octanol–water partition coefficient (Wildman–Crippen LogP) is 1.34. The fourth-order valence-electron chi connectivity index (χ4n) is 1.27. The number of rotatable bonds is 4. The van der Waals surface area contributed by atoms with Crippen molar-refractivity contribution in [1.29, 1.82) is 0 Å². The fourth-order valence-corrected chi connectivity index (χ4v) is 1.64. The summed E-state index contributed by atoms with van der Waals surface area (Å²) in [5, 5.41) is 9.09. The van der Waals surface area contributed by atoms with Crippen LogP contribution in [0.25, 0.3) is 0 Å². The molecule has 0 aliphatic rings. The van der Waals surface area contributed by atoms with Crippen LogP contribution in [0.4, 0.5) is 0 Å². The first-order valence-corrected chi connectivity index (χ1v) is 5.65. The first kappa shape index (κ1) is 12.2. The Bertz CT molecular complexity index is 353. The molecule has 0 saturated carbocycles. The third kappa shape index (κ3) is 2.77. The van der Waals surface area contributed by atoms with Gasteiger partial charge in [-0.3, -0.25) is 0 Å². The molecule has 0 spiro atoms. The van der Waals surface area contributed by atoms with Crippen molar-refractivity contribution < 1.29 is 18.6 Å². The van der Waals surface area contributed by atoms with Crippen molar-refractivity contribution in [3.05, 3.63) is 29.8 Å². The lowest BCUT2D eigenvalue weighted by molar-refractivity contribution is 0.171. The maximum Gasteiger partial charge on any atom is 0.158 e. The van der Waals surface area contributed by atoms with E-state index in [-0.39, 0.29) is 0 Å². The summed E-state index contributed by atoms with van der Waals surface area (Å²) in [6.45, 7) is 1.51. The maximum absolute atomic E-state index is 10.8. The van der Waals surface area contributed by atoms with Crippen LogP contribution in [0, 0.1) is 0 Å². The average molecular weight is 230 g/mol. The van der Waals surface area contributed by atoms with E-state index >= 15 is 0 Å². The molecule has 0 radical (unpaired) electrons. The summed E-state index contributed by atoms with van der Waals surface area (Å²) in [4.78, 5) is 0. The summed E-state index contributed by atoms with van der Waals surface area (Å²) in [5.41, 5.74) is 0.523. The Morgan fingerprint density at radius 2 is 2.00 bits per heavy atom. The molecular formula is C10H14O4S. The van der Waals surface area contributed by atoms with Gasteiger partial charge in [-0.05, 0) is 13.0 Å². The van der Waals surface area contributed by atoms with E-state index in [0.29, 0.717) is 11.3 Å². The Morgan fingerprint density at radius 1 is 1.40 bits per heavy atom. The van der Waals surface area contributed by atoms with E-state index in [2.05, 4.69) is 0 Å². The minimum Gasteiger partial charge on any atom is -0.496 e. The van der Waals surface area contributed by atoms with Crippen molar-refractivity contribution in [2.45, 2.75) is 18.3 Å². The monoisotopic (exact) mass is 230 g/mol. The predicted molar refractivity (Wildman–Crippen MR) is 58.2 cm³/mol. The van der Waals surface area contributed by atoms with Crippen LogP contribution in [0.1, 0.15) is 18.6 Å². The smallest absolute Gasteiger partial charge is 0.158 e. The first-order chi connectivity index (χ1) is 7.07. The van der Waals surface area contributed by atoms with Gasteiger partial charge >= 0.3 is 0 Å². The lowest BCUT2D eigenvalue weighted by atomic mass is 10.1. The normalized spacial score (nSPS) is 16.8. The number of aliphatic hydroxyl groups is 1. The van der Waals surface area contributed by atoms with Crippen LogP contribution in [0.5, 0.6) is 5.75 Å². The van der Waals surface area contributed by atoms with Gasteiger partial charge in [-0.2, -0.15) is 0 Å². The molecule has 0 aromatic heterocycles. The summed E-state index contributed by atoms with van der Waals surface area (Å²) < 4.78 is 24.8. The molecule has 0 saturated heterocycles. The Hall–Kier alpha value is -0.910. The van der Waals surface area contributed by atoms with E-state index < -0.39 is 22.4 Å². The molecule has 1 unspecified atom stereocenters. The summed E-state index contributed by atoms with van der Waals surface area (Å²) in [5.74, 6) is 0.516. The lowest BCUT2D eigenvalue weighted by Crippen LogP contribution is -2.20. The van der Waals surface area contributed by atoms with Crippen molar-refractivity contribution >= 4 is 11.1 Å². The number of benzene rings is 1. The third-order valence-electron chi connectivity index (χ3n) is 2.22. The van der Waals surface area contributed by atoms with Gasteiger partial charge in [-0.25, -0.2) is 4.21 Å². The molecule has 0 bridgehead atoms. The van der Waals surface area contributed by atoms with Crippen molar-refractivity contribution in [3.63, 3.8) is 0 Å². The number of para-hydroxylation sites is 1. The van der Waals surface area contributed by atoms with E-state index in [1.807, 2.05) is 0 Å². The molecule has 0 fully saturated rings. The summed E-state index contributed by atoms with van der Waals surface area (Å²) in [7, 11) is 1.49. The zero-order valence-corrected chi connectivity index (χ0v) is 9.40. The van der Waals surface area contributed by atoms with Gasteiger partial charge in [0.1, 0.15) is 5.75 Å². The van der Waals surface area contributed by atoms with Crippen LogP contribution < -0.4 is 4.74 Å². The molecule has 0 amide bonds. The lowest BCUT2D eigenvalue weighted by Gasteiger charge is -2.18. The molecule has 1 aromatic carbocycles. The van der Waals surface area contributed by atoms with Gasteiger partial charge in [0, 0.05) is 5.56 Å². The Labute approximate surface area is 91.2 Å². The summed E-state index contributed by atoms with van der Waals surface area (Å²) in [6, 6.07) is 6.89. The molecule has 0 aliphatic heterocycles. The molecule has 5 heteroatoms. The second kappa shape index (κ2) is 5.25. The molecule has 1 rings (SSSR count). The van der Waals surface area contributed by atoms with Crippen LogP contribution in [0.15, 0.2) is 24.3 Å². The number of aliphatic hydroxyl groups excluding tert-OH is 1. The highest BCUT2D eigenvalue weighted by Gasteiger charge is 2.23. The number of hydrogen-bond donors (Lipinski definition) is 2. The Kier molecular flexibility index (Phi) is 4.26. The van der Waals surface area contributed by atoms with E-state index in [4.69, 9.17) is 9.29 Å². The molecule has 1 aromatic rings. The van der Waals surface area contributed by atoms with E-state index in [0.717, 1.165) is 0 Å². The van der Waals surface area contributed by atoms with Crippen LogP contribution >= 0.6 is 0 Å². The minimum atomic E-state index is -2.06. The van der Waals surface area contributed by atoms with E-state index in [1.165, 1.54) is 14.0 Å². The van der Waals surface area contributed by atoms with Gasteiger partial charge < -0.3 is 14.4 Å². The SMILES string of the molecule is COc1ccccc1[C@H](O)[C@H](C)S(=O)O. The minimum absolute atomic E-state index is 0.516. The Morgan fingerprint density at radius 3 is 2.53 bits per heavy atom. The van der Waals surface area contributed by atoms with Gasteiger partial charge in [0.2, 0.25) is 0 Å². The molecule has 2 N–H and O–H groups in total. The topological polar surface area (TPSA) is 66.8 Å². The largest absolute Gasteiger partial charge is 0.496 e. The van der Waals surface area contributed by atoms with Gasteiger partial charge in [0.15, 0.2) is 11.1 Å². The molecule has 15 heavy (non-hydrogen) atoms. The summed E-state index contributed by atoms with van der Waals surface area (Å²) >= 11 is -2.06. The van der Waals surface area contributed by atoms with Gasteiger partial charge in [0.05, 0.1) is 18.5 Å². The zero-order chi connectivity index (χ0) is 11.4. The quantitative estimate of drug-likeness (QED) is 0.766. The highest BCUT2D eigenvalue weighted by molar-refractivity contribution is 7.79. The van der Waals surface area contributed by atoms with Crippen LogP contribution in [0.3, 0.4) is 0 Å². The highest BCUT2D eigenvalue weighted by Crippen LogP contribution is 2.28. The molecular weight excluding hydrogens is 216 g/mol. The number of methoxy groups -OCH3 is 1. The van der Waals surface area contributed by atoms with Gasteiger partial charge in [-0.15, -0.1) is 0 Å². The highest BCUT2D eigenvalue weighted by atomic mass is 32.2. The van der Waals surface area contributed by atoms with Crippen LogP contribution in [-0.4, -0.2) is 26.2 Å². The maximum atomic E-state index is 10.8. The summed E-state index contributed by atoms with van der Waals surface area (Å²) in [6.07, 6.45) is -1.01. The van der Waals surface area contributed by atoms with Crippen molar-refractivity contribution in [2.75, 3.05) is 7.11 Å². The van der Waals surface area contributed by atoms with Crippen LogP contribution in [-0.2, 0) is 11.1 Å². The van der Waals surface area contributed by atoms with E-state index in [9.17, 15) is 9.32 Å². The second-order valence-electron chi connectivity index (χ2n) is 3.17. The fraction of sp³-hybridized carbons (Fsp3) is 0.400. The standard InChI is InChI=1S/C10H14O4S/c1-7(15(12)13)10(11)8-5-3-4-6-9(8)14-2/h3-7,10-11H,1-2H3,(H,12,13)/t7-,10+/m0/s1. The number of hydrogen-bond acceptors (Lipinski definition) is 3. The molecule has 0 heterocycles. The zero-order valence-electron chi connectivity index (χ0n) is 8.58. The molecule has 84 valence electrons. The van der Waals surface area contributed by atoms with Crippen molar-refractivity contribution in [1.82, 2.24) is 0 Å².